The fourth-order valence-corrected chi connectivity index (χ4v) is 3.65. The van der Waals surface area contributed by atoms with E-state index in [2.05, 4.69) is 5.32 Å². The van der Waals surface area contributed by atoms with Crippen LogP contribution in [0.2, 0.25) is 0 Å². The third-order valence-corrected chi connectivity index (χ3v) is 5.30. The number of amides is 1. The predicted octanol–water partition coefficient (Wildman–Crippen LogP) is 1.20. The lowest BCUT2D eigenvalue weighted by molar-refractivity contribution is -0.119. The van der Waals surface area contributed by atoms with Crippen molar-refractivity contribution in [1.82, 2.24) is 5.32 Å². The van der Waals surface area contributed by atoms with Gasteiger partial charge in [0.2, 0.25) is 15.9 Å². The molecule has 1 amide bonds. The van der Waals surface area contributed by atoms with Gasteiger partial charge in [-0.05, 0) is 54.8 Å². The van der Waals surface area contributed by atoms with Crippen molar-refractivity contribution in [2.24, 2.45) is 5.14 Å². The number of fused-ring (bicyclic) bond motifs is 1. The van der Waals surface area contributed by atoms with Crippen LogP contribution in [0.4, 0.5) is 5.69 Å². The summed E-state index contributed by atoms with van der Waals surface area (Å²) in [6.45, 7) is 3.68. The summed E-state index contributed by atoms with van der Waals surface area (Å²) < 4.78 is 28.5. The van der Waals surface area contributed by atoms with Gasteiger partial charge >= 0.3 is 0 Å². The first-order chi connectivity index (χ1) is 12.8. The van der Waals surface area contributed by atoms with Crippen LogP contribution < -0.4 is 20.1 Å². The second-order valence-corrected chi connectivity index (χ2v) is 8.08. The molecule has 0 spiro atoms. The largest absolute Gasteiger partial charge is 0.492 e. The average Bonchev–Trinajstić information content (AvgIpc) is 3.00. The van der Waals surface area contributed by atoms with Crippen LogP contribution in [0.5, 0.6) is 5.75 Å². The van der Waals surface area contributed by atoms with Crippen molar-refractivity contribution >= 4 is 21.6 Å². The standard InChI is InChI=1S/C19H23N3O4S/c1-14-3-2-4-16(11-14)26-10-8-21-19(23)13-22-9-7-15-12-17(27(20,24)25)5-6-18(15)22/h2-6,11-12H,7-10,13H2,1H3,(H,21,23)(H2,20,24,25). The number of rotatable bonds is 7. The number of aryl methyl sites for hydroxylation is 1. The first kappa shape index (κ1) is 19.2. The zero-order valence-corrected chi connectivity index (χ0v) is 16.0. The quantitative estimate of drug-likeness (QED) is 0.693. The maximum absolute atomic E-state index is 12.2. The number of benzene rings is 2. The number of hydrogen-bond donors (Lipinski definition) is 2. The molecule has 3 N–H and O–H groups in total. The van der Waals surface area contributed by atoms with Gasteiger partial charge < -0.3 is 15.0 Å². The summed E-state index contributed by atoms with van der Waals surface area (Å²) in [7, 11) is -3.72. The van der Waals surface area contributed by atoms with Gasteiger partial charge in [0.25, 0.3) is 0 Å². The lowest BCUT2D eigenvalue weighted by Gasteiger charge is -2.19. The van der Waals surface area contributed by atoms with Crippen LogP contribution in [0, 0.1) is 6.92 Å². The maximum atomic E-state index is 12.2. The molecule has 2 aromatic carbocycles. The number of ether oxygens (including phenoxy) is 1. The number of nitrogens with zero attached hydrogens (tertiary/aromatic N) is 1. The summed E-state index contributed by atoms with van der Waals surface area (Å²) in [5.74, 6) is 0.676. The van der Waals surface area contributed by atoms with Crippen LogP contribution in [-0.2, 0) is 21.2 Å². The number of carbonyl (C=O) groups is 1. The van der Waals surface area contributed by atoms with E-state index in [9.17, 15) is 13.2 Å². The monoisotopic (exact) mass is 389 g/mol. The second kappa shape index (κ2) is 7.98. The molecule has 144 valence electrons. The van der Waals surface area contributed by atoms with Crippen molar-refractivity contribution in [2.75, 3.05) is 31.1 Å². The topological polar surface area (TPSA) is 102 Å². The SMILES string of the molecule is Cc1cccc(OCCNC(=O)CN2CCc3cc(S(N)(=O)=O)ccc32)c1. The highest BCUT2D eigenvalue weighted by Gasteiger charge is 2.22. The van der Waals surface area contributed by atoms with Crippen LogP contribution in [-0.4, -0.2) is 40.6 Å². The van der Waals surface area contributed by atoms with Gasteiger partial charge in [0, 0.05) is 12.2 Å². The Morgan fingerprint density at radius 1 is 1.26 bits per heavy atom. The minimum Gasteiger partial charge on any atom is -0.492 e. The highest BCUT2D eigenvalue weighted by Crippen LogP contribution is 2.29. The third kappa shape index (κ3) is 4.99. The molecule has 27 heavy (non-hydrogen) atoms. The predicted molar refractivity (Wildman–Crippen MR) is 103 cm³/mol. The molecule has 0 bridgehead atoms. The van der Waals surface area contributed by atoms with Crippen molar-refractivity contribution in [2.45, 2.75) is 18.2 Å². The zero-order chi connectivity index (χ0) is 19.4. The van der Waals surface area contributed by atoms with E-state index in [-0.39, 0.29) is 17.3 Å². The Labute approximate surface area is 159 Å². The Hall–Kier alpha value is -2.58. The van der Waals surface area contributed by atoms with Crippen molar-refractivity contribution in [1.29, 1.82) is 0 Å². The molecule has 2 aromatic rings. The number of primary sulfonamides is 1. The van der Waals surface area contributed by atoms with Gasteiger partial charge in [0.1, 0.15) is 12.4 Å². The van der Waals surface area contributed by atoms with E-state index in [4.69, 9.17) is 9.88 Å². The minimum atomic E-state index is -3.72. The average molecular weight is 389 g/mol. The number of sulfonamides is 1. The van der Waals surface area contributed by atoms with Crippen LogP contribution in [0.3, 0.4) is 0 Å². The first-order valence-electron chi connectivity index (χ1n) is 8.70. The summed E-state index contributed by atoms with van der Waals surface area (Å²) in [5.41, 5.74) is 2.88. The number of anilines is 1. The fraction of sp³-hybridized carbons (Fsp3) is 0.316. The van der Waals surface area contributed by atoms with Gasteiger partial charge in [-0.25, -0.2) is 13.6 Å². The van der Waals surface area contributed by atoms with Gasteiger partial charge in [-0.15, -0.1) is 0 Å². The number of carbonyl (C=O) groups excluding carboxylic acids is 1. The number of hydrogen-bond acceptors (Lipinski definition) is 5. The van der Waals surface area contributed by atoms with Crippen molar-refractivity contribution in [3.8, 4) is 5.75 Å². The lowest BCUT2D eigenvalue weighted by Crippen LogP contribution is -2.38. The van der Waals surface area contributed by atoms with Crippen molar-refractivity contribution in [3.63, 3.8) is 0 Å². The Bertz CT molecular complexity index is 944. The molecular weight excluding hydrogens is 366 g/mol. The van der Waals surface area contributed by atoms with E-state index >= 15 is 0 Å². The van der Waals surface area contributed by atoms with Crippen molar-refractivity contribution < 1.29 is 17.9 Å². The van der Waals surface area contributed by atoms with E-state index in [1.165, 1.54) is 6.07 Å². The van der Waals surface area contributed by atoms with Gasteiger partial charge in [0.05, 0.1) is 18.0 Å². The lowest BCUT2D eigenvalue weighted by atomic mass is 10.2. The molecule has 3 rings (SSSR count). The summed E-state index contributed by atoms with van der Waals surface area (Å²) in [6.07, 6.45) is 0.683. The molecule has 0 aromatic heterocycles. The molecule has 0 radical (unpaired) electrons. The van der Waals surface area contributed by atoms with Gasteiger partial charge in [0.15, 0.2) is 0 Å². The Kier molecular flexibility index (Phi) is 5.67. The zero-order valence-electron chi connectivity index (χ0n) is 15.1. The molecule has 1 aliphatic heterocycles. The molecule has 0 aliphatic carbocycles. The molecule has 0 saturated carbocycles. The Morgan fingerprint density at radius 2 is 2.07 bits per heavy atom. The summed E-state index contributed by atoms with van der Waals surface area (Å²) in [6, 6.07) is 12.5. The first-order valence-corrected chi connectivity index (χ1v) is 10.2. The van der Waals surface area contributed by atoms with E-state index in [1.807, 2.05) is 36.1 Å². The normalized spacial score (nSPS) is 13.3. The molecule has 0 unspecified atom stereocenters. The second-order valence-electron chi connectivity index (χ2n) is 6.52. The van der Waals surface area contributed by atoms with Gasteiger partial charge in [-0.1, -0.05) is 12.1 Å². The molecule has 0 saturated heterocycles. The molecular formula is C19H23N3O4S. The molecule has 1 heterocycles. The Balaban J connectivity index is 1.48. The highest BCUT2D eigenvalue weighted by atomic mass is 32.2. The Morgan fingerprint density at radius 3 is 2.81 bits per heavy atom. The van der Waals surface area contributed by atoms with Crippen molar-refractivity contribution in [3.05, 3.63) is 53.6 Å². The summed E-state index contributed by atoms with van der Waals surface area (Å²) >= 11 is 0. The van der Waals surface area contributed by atoms with Gasteiger partial charge in [-0.2, -0.15) is 0 Å². The number of nitrogens with one attached hydrogen (secondary N) is 1. The van der Waals surface area contributed by atoms with Crippen LogP contribution in [0.15, 0.2) is 47.4 Å². The molecule has 0 fully saturated rings. The van der Waals surface area contributed by atoms with Crippen LogP contribution in [0.1, 0.15) is 11.1 Å². The fourth-order valence-electron chi connectivity index (χ4n) is 3.08. The van der Waals surface area contributed by atoms with E-state index in [0.717, 1.165) is 22.6 Å². The molecule has 1 aliphatic rings. The summed E-state index contributed by atoms with van der Waals surface area (Å²) in [4.78, 5) is 14.2. The number of nitrogens with two attached hydrogens (primary N) is 1. The maximum Gasteiger partial charge on any atom is 0.239 e. The minimum absolute atomic E-state index is 0.0980. The van der Waals surface area contributed by atoms with Gasteiger partial charge in [-0.3, -0.25) is 4.79 Å². The summed E-state index contributed by atoms with van der Waals surface area (Å²) in [5, 5.41) is 8.01. The highest BCUT2D eigenvalue weighted by molar-refractivity contribution is 7.89. The van der Waals surface area contributed by atoms with E-state index in [1.54, 1.807) is 12.1 Å². The van der Waals surface area contributed by atoms with E-state index < -0.39 is 10.0 Å². The smallest absolute Gasteiger partial charge is 0.239 e. The van der Waals surface area contributed by atoms with E-state index in [0.29, 0.717) is 26.1 Å². The molecule has 0 atom stereocenters. The third-order valence-electron chi connectivity index (χ3n) is 4.39. The van der Waals surface area contributed by atoms with Crippen LogP contribution >= 0.6 is 0 Å². The van der Waals surface area contributed by atoms with Crippen LogP contribution in [0.25, 0.3) is 0 Å². The molecule has 8 heteroatoms. The molecule has 7 nitrogen and oxygen atoms in total.